The number of nitrogens with one attached hydrogen (secondary N) is 1. The molecular weight excluding hydrogens is 302 g/mol. The zero-order valence-corrected chi connectivity index (χ0v) is 12.8. The number of hydrogen-bond donors (Lipinski definition) is 1. The number of likely N-dealkylation sites (tertiary alicyclic amines) is 1. The minimum Gasteiger partial charge on any atom is -0.381 e. The van der Waals surface area contributed by atoms with Crippen molar-refractivity contribution in [3.05, 3.63) is 0 Å². The van der Waals surface area contributed by atoms with Gasteiger partial charge in [0.2, 0.25) is 5.91 Å². The lowest BCUT2D eigenvalue weighted by Gasteiger charge is -2.28. The first kappa shape index (κ1) is 16.9. The lowest BCUT2D eigenvalue weighted by molar-refractivity contribution is -0.132. The summed E-state index contributed by atoms with van der Waals surface area (Å²) in [6, 6.07) is -0.696. The third kappa shape index (κ3) is 3.85. The van der Waals surface area contributed by atoms with Crippen LogP contribution >= 0.6 is 12.4 Å². The van der Waals surface area contributed by atoms with Crippen molar-refractivity contribution in [2.45, 2.75) is 37.6 Å². The van der Waals surface area contributed by atoms with Gasteiger partial charge in [-0.2, -0.15) is 0 Å². The van der Waals surface area contributed by atoms with E-state index in [1.807, 2.05) is 0 Å². The van der Waals surface area contributed by atoms with Gasteiger partial charge in [0, 0.05) is 32.7 Å². The van der Waals surface area contributed by atoms with Crippen LogP contribution in [-0.4, -0.2) is 55.6 Å². The molecule has 1 N–H and O–H groups in total. The second kappa shape index (κ2) is 6.75. The maximum Gasteiger partial charge on any atom is 0.262 e. The third-order valence-corrected chi connectivity index (χ3v) is 4.88. The first-order valence-electron chi connectivity index (χ1n) is 7.53. The Bertz CT molecular complexity index is 378. The number of nitrogens with zero attached hydrogens (tertiary/aromatic N) is 1. The molecule has 0 bridgehead atoms. The highest BCUT2D eigenvalue weighted by Gasteiger charge is 2.44. The van der Waals surface area contributed by atoms with Gasteiger partial charge in [-0.05, 0) is 31.1 Å². The molecule has 3 aliphatic heterocycles. The Labute approximate surface area is 130 Å². The zero-order valence-electron chi connectivity index (χ0n) is 12.0. The molecule has 3 saturated heterocycles. The highest BCUT2D eigenvalue weighted by molar-refractivity contribution is 5.85. The lowest BCUT2D eigenvalue weighted by atomic mass is 9.85. The lowest BCUT2D eigenvalue weighted by Crippen LogP contribution is -2.42. The summed E-state index contributed by atoms with van der Waals surface area (Å²) in [4.78, 5) is 14.0. The van der Waals surface area contributed by atoms with E-state index in [1.54, 1.807) is 4.90 Å². The first-order valence-corrected chi connectivity index (χ1v) is 7.53. The van der Waals surface area contributed by atoms with Crippen molar-refractivity contribution in [1.29, 1.82) is 0 Å². The molecular formula is C14H23ClF2N2O2. The van der Waals surface area contributed by atoms with Gasteiger partial charge in [0.25, 0.3) is 5.92 Å². The van der Waals surface area contributed by atoms with Gasteiger partial charge in [0.1, 0.15) is 0 Å². The van der Waals surface area contributed by atoms with Crippen molar-refractivity contribution in [1.82, 2.24) is 10.2 Å². The van der Waals surface area contributed by atoms with Crippen LogP contribution in [0.2, 0.25) is 0 Å². The van der Waals surface area contributed by atoms with E-state index in [9.17, 15) is 13.6 Å². The number of ether oxygens (including phenoxy) is 1. The highest BCUT2D eigenvalue weighted by atomic mass is 35.5. The first-order chi connectivity index (χ1) is 9.55. The van der Waals surface area contributed by atoms with Gasteiger partial charge in [-0.15, -0.1) is 12.4 Å². The Kier molecular flexibility index (Phi) is 5.43. The summed E-state index contributed by atoms with van der Waals surface area (Å²) in [6.07, 6.45) is 2.77. The van der Waals surface area contributed by atoms with Crippen molar-refractivity contribution < 1.29 is 18.3 Å². The normalized spacial score (nSPS) is 33.0. The van der Waals surface area contributed by atoms with Crippen LogP contribution < -0.4 is 5.32 Å². The van der Waals surface area contributed by atoms with Crippen molar-refractivity contribution in [3.8, 4) is 0 Å². The summed E-state index contributed by atoms with van der Waals surface area (Å²) in [6.45, 7) is 2.69. The SMILES string of the molecule is Cl.O=C(C1CC(F)(F)CN1)N1CCC(C2CCOCC2)C1. The maximum absolute atomic E-state index is 13.2. The van der Waals surface area contributed by atoms with E-state index < -0.39 is 12.0 Å². The van der Waals surface area contributed by atoms with E-state index in [0.29, 0.717) is 18.4 Å². The summed E-state index contributed by atoms with van der Waals surface area (Å²) in [5.41, 5.74) is 0. The Balaban J connectivity index is 0.00000161. The highest BCUT2D eigenvalue weighted by Crippen LogP contribution is 2.32. The molecule has 7 heteroatoms. The molecule has 1 amide bonds. The minimum absolute atomic E-state index is 0. The van der Waals surface area contributed by atoms with E-state index in [0.717, 1.165) is 39.0 Å². The van der Waals surface area contributed by atoms with Crippen LogP contribution in [0.4, 0.5) is 8.78 Å². The number of alkyl halides is 2. The van der Waals surface area contributed by atoms with E-state index in [2.05, 4.69) is 5.32 Å². The zero-order chi connectivity index (χ0) is 14.2. The van der Waals surface area contributed by atoms with Gasteiger partial charge in [0.15, 0.2) is 0 Å². The maximum atomic E-state index is 13.2. The predicted octanol–water partition coefficient (Wildman–Crippen LogP) is 1.68. The molecule has 0 aromatic carbocycles. The fraction of sp³-hybridized carbons (Fsp3) is 0.929. The van der Waals surface area contributed by atoms with E-state index in [-0.39, 0.29) is 31.3 Å². The molecule has 0 saturated carbocycles. The molecule has 3 fully saturated rings. The molecule has 0 radical (unpaired) electrons. The average Bonchev–Trinajstić information content (AvgIpc) is 3.05. The summed E-state index contributed by atoms with van der Waals surface area (Å²) in [5, 5.41) is 2.66. The van der Waals surface area contributed by atoms with Crippen LogP contribution in [0.1, 0.15) is 25.7 Å². The Morgan fingerprint density at radius 3 is 2.52 bits per heavy atom. The van der Waals surface area contributed by atoms with Gasteiger partial charge in [0.05, 0.1) is 12.6 Å². The largest absolute Gasteiger partial charge is 0.381 e. The monoisotopic (exact) mass is 324 g/mol. The summed E-state index contributed by atoms with van der Waals surface area (Å²) in [5.74, 6) is -1.74. The fourth-order valence-electron chi connectivity index (χ4n) is 3.67. The second-order valence-corrected chi connectivity index (χ2v) is 6.28. The second-order valence-electron chi connectivity index (χ2n) is 6.28. The Morgan fingerprint density at radius 1 is 1.19 bits per heavy atom. The van der Waals surface area contributed by atoms with Crippen LogP contribution in [0.15, 0.2) is 0 Å². The van der Waals surface area contributed by atoms with Crippen LogP contribution in [0, 0.1) is 11.8 Å². The van der Waals surface area contributed by atoms with Crippen LogP contribution in [0.25, 0.3) is 0 Å². The molecule has 3 aliphatic rings. The van der Waals surface area contributed by atoms with Gasteiger partial charge in [-0.1, -0.05) is 0 Å². The molecule has 2 unspecified atom stereocenters. The van der Waals surface area contributed by atoms with E-state index >= 15 is 0 Å². The molecule has 3 heterocycles. The van der Waals surface area contributed by atoms with Crippen molar-refractivity contribution >= 4 is 18.3 Å². The Hall–Kier alpha value is -0.460. The van der Waals surface area contributed by atoms with E-state index in [4.69, 9.17) is 4.74 Å². The van der Waals surface area contributed by atoms with Crippen LogP contribution in [-0.2, 0) is 9.53 Å². The molecule has 0 spiro atoms. The fourth-order valence-corrected chi connectivity index (χ4v) is 3.67. The third-order valence-electron chi connectivity index (χ3n) is 4.88. The molecule has 3 rings (SSSR count). The molecule has 122 valence electrons. The average molecular weight is 325 g/mol. The molecule has 0 aliphatic carbocycles. The standard InChI is InChI=1S/C14H22F2N2O2.ClH/c15-14(16)7-12(17-9-14)13(19)18-4-1-11(8-18)10-2-5-20-6-3-10;/h10-12,17H,1-9H2;1H. The van der Waals surface area contributed by atoms with Crippen LogP contribution in [0.3, 0.4) is 0 Å². The quantitative estimate of drug-likeness (QED) is 0.840. The van der Waals surface area contributed by atoms with Gasteiger partial charge in [-0.25, -0.2) is 8.78 Å². The van der Waals surface area contributed by atoms with E-state index in [1.165, 1.54) is 0 Å². The molecule has 0 aromatic heterocycles. The summed E-state index contributed by atoms with van der Waals surface area (Å²) >= 11 is 0. The Morgan fingerprint density at radius 2 is 1.90 bits per heavy atom. The van der Waals surface area contributed by atoms with Crippen molar-refractivity contribution in [3.63, 3.8) is 0 Å². The van der Waals surface area contributed by atoms with Crippen molar-refractivity contribution in [2.75, 3.05) is 32.8 Å². The van der Waals surface area contributed by atoms with Crippen molar-refractivity contribution in [2.24, 2.45) is 11.8 Å². The molecule has 4 nitrogen and oxygen atoms in total. The molecule has 2 atom stereocenters. The number of hydrogen-bond acceptors (Lipinski definition) is 3. The van der Waals surface area contributed by atoms with Gasteiger partial charge in [-0.3, -0.25) is 10.1 Å². The van der Waals surface area contributed by atoms with Crippen LogP contribution in [0.5, 0.6) is 0 Å². The number of rotatable bonds is 2. The minimum atomic E-state index is -2.74. The van der Waals surface area contributed by atoms with Gasteiger partial charge >= 0.3 is 0 Å². The summed E-state index contributed by atoms with van der Waals surface area (Å²) < 4.78 is 31.7. The number of carbonyl (C=O) groups excluding carboxylic acids is 1. The smallest absolute Gasteiger partial charge is 0.262 e. The molecule has 0 aromatic rings. The predicted molar refractivity (Wildman–Crippen MR) is 76.8 cm³/mol. The number of carbonyl (C=O) groups is 1. The molecule has 21 heavy (non-hydrogen) atoms. The summed E-state index contributed by atoms with van der Waals surface area (Å²) in [7, 11) is 0. The topological polar surface area (TPSA) is 41.6 Å². The number of amides is 1. The van der Waals surface area contributed by atoms with Gasteiger partial charge < -0.3 is 9.64 Å². The number of halogens is 3.